The van der Waals surface area contributed by atoms with Gasteiger partial charge in [-0.25, -0.2) is 0 Å². The minimum absolute atomic E-state index is 0.0346. The van der Waals surface area contributed by atoms with Crippen molar-refractivity contribution in [3.05, 3.63) is 71.8 Å². The standard InChI is InChI=1S/C20H24O3/c1-16-20(23-15-18-10-6-3-7-11-18)19(12-13-21-16)22-14-17-8-4-2-5-9-17/h2-11,16,19-20H,12-15H2,1H3/t16-,19+,20+/m1/s1. The molecule has 0 saturated carbocycles. The lowest BCUT2D eigenvalue weighted by Gasteiger charge is -2.36. The van der Waals surface area contributed by atoms with E-state index in [1.807, 2.05) is 36.4 Å². The highest BCUT2D eigenvalue weighted by molar-refractivity contribution is 5.14. The summed E-state index contributed by atoms with van der Waals surface area (Å²) in [6, 6.07) is 20.5. The molecule has 2 aromatic rings. The first kappa shape index (κ1) is 16.2. The van der Waals surface area contributed by atoms with Gasteiger partial charge in [0.2, 0.25) is 0 Å². The van der Waals surface area contributed by atoms with Gasteiger partial charge in [-0.2, -0.15) is 0 Å². The SMILES string of the molecule is C[C@H]1OCC[C@H](OCc2ccccc2)[C@H]1OCc1ccccc1. The molecule has 1 heterocycles. The normalized spacial score (nSPS) is 24.5. The zero-order chi connectivity index (χ0) is 15.9. The van der Waals surface area contributed by atoms with Crippen LogP contribution in [0.15, 0.2) is 60.7 Å². The lowest BCUT2D eigenvalue weighted by molar-refractivity contribution is -0.178. The average Bonchev–Trinajstić information content (AvgIpc) is 2.61. The zero-order valence-corrected chi connectivity index (χ0v) is 13.6. The Bertz CT molecular complexity index is 570. The van der Waals surface area contributed by atoms with Crippen LogP contribution in [0.2, 0.25) is 0 Å². The van der Waals surface area contributed by atoms with Crippen molar-refractivity contribution in [1.29, 1.82) is 0 Å². The van der Waals surface area contributed by atoms with Gasteiger partial charge in [0.15, 0.2) is 0 Å². The first-order valence-electron chi connectivity index (χ1n) is 8.25. The highest BCUT2D eigenvalue weighted by Crippen LogP contribution is 2.23. The lowest BCUT2D eigenvalue weighted by atomic mass is 10.0. The van der Waals surface area contributed by atoms with Gasteiger partial charge in [0, 0.05) is 6.61 Å². The van der Waals surface area contributed by atoms with Crippen molar-refractivity contribution in [2.75, 3.05) is 6.61 Å². The van der Waals surface area contributed by atoms with Crippen LogP contribution in [0.4, 0.5) is 0 Å². The van der Waals surface area contributed by atoms with E-state index in [0.717, 1.165) is 13.0 Å². The summed E-state index contributed by atoms with van der Waals surface area (Å²) < 4.78 is 18.0. The molecule has 122 valence electrons. The van der Waals surface area contributed by atoms with Crippen LogP contribution < -0.4 is 0 Å². The maximum Gasteiger partial charge on any atom is 0.110 e. The van der Waals surface area contributed by atoms with E-state index < -0.39 is 0 Å². The van der Waals surface area contributed by atoms with E-state index >= 15 is 0 Å². The van der Waals surface area contributed by atoms with Crippen molar-refractivity contribution in [3.63, 3.8) is 0 Å². The molecule has 1 aliphatic rings. The Kier molecular flexibility index (Phi) is 5.81. The monoisotopic (exact) mass is 312 g/mol. The fourth-order valence-electron chi connectivity index (χ4n) is 2.90. The van der Waals surface area contributed by atoms with E-state index in [2.05, 4.69) is 31.2 Å². The van der Waals surface area contributed by atoms with Crippen LogP contribution in [0.3, 0.4) is 0 Å². The van der Waals surface area contributed by atoms with Gasteiger partial charge in [-0.05, 0) is 24.5 Å². The maximum absolute atomic E-state index is 6.14. The number of hydrogen-bond donors (Lipinski definition) is 0. The molecule has 0 spiro atoms. The third-order valence-corrected chi connectivity index (χ3v) is 4.20. The molecule has 1 fully saturated rings. The van der Waals surface area contributed by atoms with Crippen LogP contribution >= 0.6 is 0 Å². The van der Waals surface area contributed by atoms with Gasteiger partial charge >= 0.3 is 0 Å². The lowest BCUT2D eigenvalue weighted by Crippen LogP contribution is -2.46. The summed E-state index contributed by atoms with van der Waals surface area (Å²) in [6.45, 7) is 3.99. The van der Waals surface area contributed by atoms with Crippen LogP contribution in [-0.2, 0) is 27.4 Å². The second-order valence-electron chi connectivity index (χ2n) is 5.96. The van der Waals surface area contributed by atoms with Crippen molar-refractivity contribution in [2.24, 2.45) is 0 Å². The summed E-state index contributed by atoms with van der Waals surface area (Å²) in [5.74, 6) is 0. The zero-order valence-electron chi connectivity index (χ0n) is 13.6. The van der Waals surface area contributed by atoms with Crippen LogP contribution in [0.5, 0.6) is 0 Å². The van der Waals surface area contributed by atoms with Gasteiger partial charge in [0.1, 0.15) is 6.10 Å². The molecule has 0 N–H and O–H groups in total. The second kappa shape index (κ2) is 8.25. The molecule has 2 aromatic carbocycles. The van der Waals surface area contributed by atoms with Crippen molar-refractivity contribution in [3.8, 4) is 0 Å². The predicted octanol–water partition coefficient (Wildman–Crippen LogP) is 3.97. The van der Waals surface area contributed by atoms with Crippen molar-refractivity contribution >= 4 is 0 Å². The summed E-state index contributed by atoms with van der Waals surface area (Å²) in [5, 5.41) is 0. The molecule has 1 saturated heterocycles. The summed E-state index contributed by atoms with van der Waals surface area (Å²) in [4.78, 5) is 0. The fraction of sp³-hybridized carbons (Fsp3) is 0.400. The highest BCUT2D eigenvalue weighted by atomic mass is 16.6. The van der Waals surface area contributed by atoms with Gasteiger partial charge in [0.05, 0.1) is 25.4 Å². The largest absolute Gasteiger partial charge is 0.376 e. The first-order valence-corrected chi connectivity index (χ1v) is 8.25. The van der Waals surface area contributed by atoms with E-state index in [1.165, 1.54) is 11.1 Å². The summed E-state index contributed by atoms with van der Waals surface area (Å²) in [6.07, 6.45) is 0.958. The molecular formula is C20H24O3. The fourth-order valence-corrected chi connectivity index (χ4v) is 2.90. The molecule has 0 aromatic heterocycles. The Morgan fingerprint density at radius 1 is 0.870 bits per heavy atom. The molecule has 0 unspecified atom stereocenters. The third kappa shape index (κ3) is 4.64. The molecule has 0 amide bonds. The average molecular weight is 312 g/mol. The van der Waals surface area contributed by atoms with Crippen molar-refractivity contribution in [1.82, 2.24) is 0 Å². The van der Waals surface area contributed by atoms with E-state index in [1.54, 1.807) is 0 Å². The molecular weight excluding hydrogens is 288 g/mol. The van der Waals surface area contributed by atoms with Crippen molar-refractivity contribution in [2.45, 2.75) is 44.9 Å². The summed E-state index contributed by atoms with van der Waals surface area (Å²) in [5.41, 5.74) is 2.36. The molecule has 1 aliphatic heterocycles. The van der Waals surface area contributed by atoms with E-state index in [4.69, 9.17) is 14.2 Å². The number of ether oxygens (including phenoxy) is 3. The molecule has 3 nitrogen and oxygen atoms in total. The molecule has 0 aliphatic carbocycles. The van der Waals surface area contributed by atoms with Gasteiger partial charge < -0.3 is 14.2 Å². The Hall–Kier alpha value is -1.68. The third-order valence-electron chi connectivity index (χ3n) is 4.20. The Labute approximate surface area is 138 Å². The molecule has 0 bridgehead atoms. The Balaban J connectivity index is 1.58. The maximum atomic E-state index is 6.14. The van der Waals surface area contributed by atoms with Crippen LogP contribution in [0.1, 0.15) is 24.5 Å². The van der Waals surface area contributed by atoms with Gasteiger partial charge in [-0.15, -0.1) is 0 Å². The number of rotatable bonds is 6. The smallest absolute Gasteiger partial charge is 0.110 e. The van der Waals surface area contributed by atoms with Crippen LogP contribution in [-0.4, -0.2) is 24.9 Å². The predicted molar refractivity (Wildman–Crippen MR) is 90.1 cm³/mol. The van der Waals surface area contributed by atoms with Crippen molar-refractivity contribution < 1.29 is 14.2 Å². The van der Waals surface area contributed by atoms with E-state index in [0.29, 0.717) is 13.2 Å². The molecule has 3 atom stereocenters. The number of benzene rings is 2. The molecule has 0 radical (unpaired) electrons. The topological polar surface area (TPSA) is 27.7 Å². The minimum atomic E-state index is -0.0346. The minimum Gasteiger partial charge on any atom is -0.376 e. The highest BCUT2D eigenvalue weighted by Gasteiger charge is 2.33. The van der Waals surface area contributed by atoms with Gasteiger partial charge in [0.25, 0.3) is 0 Å². The van der Waals surface area contributed by atoms with Gasteiger partial charge in [-0.3, -0.25) is 0 Å². The molecule has 3 heteroatoms. The molecule has 23 heavy (non-hydrogen) atoms. The van der Waals surface area contributed by atoms with Crippen LogP contribution in [0, 0.1) is 0 Å². The Morgan fingerprint density at radius 2 is 1.43 bits per heavy atom. The quantitative estimate of drug-likeness (QED) is 0.808. The number of hydrogen-bond acceptors (Lipinski definition) is 3. The first-order chi connectivity index (χ1) is 11.3. The summed E-state index contributed by atoms with van der Waals surface area (Å²) in [7, 11) is 0. The Morgan fingerprint density at radius 3 is 2.04 bits per heavy atom. The van der Waals surface area contributed by atoms with E-state index in [9.17, 15) is 0 Å². The van der Waals surface area contributed by atoms with Gasteiger partial charge in [-0.1, -0.05) is 60.7 Å². The second-order valence-corrected chi connectivity index (χ2v) is 5.96. The summed E-state index contributed by atoms with van der Waals surface area (Å²) >= 11 is 0. The molecule has 3 rings (SSSR count). The van der Waals surface area contributed by atoms with Crippen LogP contribution in [0.25, 0.3) is 0 Å². The van der Waals surface area contributed by atoms with E-state index in [-0.39, 0.29) is 18.3 Å².